The maximum Gasteiger partial charge on any atom is 0.260 e. The van der Waals surface area contributed by atoms with Crippen LogP contribution in [0.15, 0.2) is 59.6 Å². The summed E-state index contributed by atoms with van der Waals surface area (Å²) in [5.41, 5.74) is 7.64. The molecule has 1 unspecified atom stereocenters. The van der Waals surface area contributed by atoms with Gasteiger partial charge >= 0.3 is 0 Å². The monoisotopic (exact) mass is 515 g/mol. The smallest absolute Gasteiger partial charge is 0.260 e. The number of aromatic nitrogens is 4. The van der Waals surface area contributed by atoms with Gasteiger partial charge in [-0.3, -0.25) is 19.4 Å². The molecular weight excluding hydrogens is 478 g/mol. The Kier molecular flexibility index (Phi) is 8.29. The van der Waals surface area contributed by atoms with Crippen LogP contribution in [-0.2, 0) is 13.1 Å². The number of hydrogen-bond donors (Lipinski definition) is 0. The van der Waals surface area contributed by atoms with E-state index in [0.29, 0.717) is 36.2 Å². The molecule has 1 amide bonds. The molecule has 8 heteroatoms. The zero-order valence-corrected chi connectivity index (χ0v) is 23.4. The number of rotatable bonds is 10. The lowest BCUT2D eigenvalue weighted by atomic mass is 9.95. The summed E-state index contributed by atoms with van der Waals surface area (Å²) < 4.78 is 12.5. The normalized spacial score (nSPS) is 14.9. The Morgan fingerprint density at radius 3 is 2.63 bits per heavy atom. The highest BCUT2D eigenvalue weighted by Gasteiger charge is 2.31. The van der Waals surface area contributed by atoms with Crippen molar-refractivity contribution in [2.75, 3.05) is 19.1 Å². The molecule has 1 atom stereocenters. The molecule has 4 rings (SSSR count). The molecule has 0 radical (unpaired) electrons. The van der Waals surface area contributed by atoms with E-state index in [9.17, 15) is 4.79 Å². The highest BCUT2D eigenvalue weighted by Crippen LogP contribution is 2.32. The Balaban J connectivity index is 1.56. The molecule has 1 aliphatic heterocycles. The van der Waals surface area contributed by atoms with Crippen molar-refractivity contribution in [3.05, 3.63) is 70.8 Å². The summed E-state index contributed by atoms with van der Waals surface area (Å²) >= 11 is 0. The lowest BCUT2D eigenvalue weighted by Gasteiger charge is -2.16. The van der Waals surface area contributed by atoms with Gasteiger partial charge < -0.3 is 9.47 Å². The van der Waals surface area contributed by atoms with Gasteiger partial charge in [-0.25, -0.2) is 4.98 Å². The molecule has 4 heterocycles. The molecule has 8 nitrogen and oxygen atoms in total. The fourth-order valence-corrected chi connectivity index (χ4v) is 4.48. The first-order valence-electron chi connectivity index (χ1n) is 13.1. The van der Waals surface area contributed by atoms with Gasteiger partial charge in [0.25, 0.3) is 11.8 Å². The molecule has 0 aromatic carbocycles. The highest BCUT2D eigenvalue weighted by molar-refractivity contribution is 6.09. The maximum atomic E-state index is 13.3. The molecule has 0 N–H and O–H groups in total. The van der Waals surface area contributed by atoms with Crippen molar-refractivity contribution in [1.82, 2.24) is 19.7 Å². The van der Waals surface area contributed by atoms with Crippen molar-refractivity contribution < 1.29 is 14.3 Å². The van der Waals surface area contributed by atoms with Crippen LogP contribution in [0.4, 0.5) is 5.69 Å². The first-order chi connectivity index (χ1) is 18.3. The molecule has 200 valence electrons. The topological polar surface area (TPSA) is 82.4 Å². The molecule has 1 aliphatic rings. The number of methoxy groups -OCH3 is 2. The van der Waals surface area contributed by atoms with Gasteiger partial charge in [-0.2, -0.15) is 5.10 Å². The SMILES string of the molecule is CC/C(C)=C(C)\C=C(\Cn1cc(N2Cc3nc(-c4cnc(OC)c(OC)c4)ccc3C2=O)cn1)C(C)CC. The van der Waals surface area contributed by atoms with E-state index in [0.717, 1.165) is 35.5 Å². The van der Waals surface area contributed by atoms with Crippen LogP contribution in [0.1, 0.15) is 63.5 Å². The molecule has 3 aromatic rings. The van der Waals surface area contributed by atoms with Gasteiger partial charge in [-0.1, -0.05) is 38.0 Å². The molecule has 0 bridgehead atoms. The zero-order chi connectivity index (χ0) is 27.4. The second-order valence-electron chi connectivity index (χ2n) is 9.76. The number of amides is 1. The van der Waals surface area contributed by atoms with Gasteiger partial charge in [-0.15, -0.1) is 0 Å². The van der Waals surface area contributed by atoms with Gasteiger partial charge in [0.1, 0.15) is 0 Å². The van der Waals surface area contributed by atoms with Crippen molar-refractivity contribution in [3.63, 3.8) is 0 Å². The lowest BCUT2D eigenvalue weighted by Crippen LogP contribution is -2.22. The summed E-state index contributed by atoms with van der Waals surface area (Å²) in [6, 6.07) is 5.50. The molecular formula is C30H37N5O3. The third-order valence-corrected chi connectivity index (χ3v) is 7.41. The second-order valence-corrected chi connectivity index (χ2v) is 9.76. The van der Waals surface area contributed by atoms with Gasteiger partial charge in [0.15, 0.2) is 5.75 Å². The van der Waals surface area contributed by atoms with Crippen LogP contribution in [0.2, 0.25) is 0 Å². The number of nitrogens with zero attached hydrogens (tertiary/aromatic N) is 5. The summed E-state index contributed by atoms with van der Waals surface area (Å²) in [5.74, 6) is 1.31. The average Bonchev–Trinajstić information content (AvgIpc) is 3.54. The Bertz CT molecular complexity index is 1390. The minimum absolute atomic E-state index is 0.0703. The van der Waals surface area contributed by atoms with E-state index in [-0.39, 0.29) is 5.91 Å². The van der Waals surface area contributed by atoms with Crippen LogP contribution in [0.25, 0.3) is 11.3 Å². The van der Waals surface area contributed by atoms with Crippen molar-refractivity contribution in [2.45, 2.75) is 60.5 Å². The predicted molar refractivity (Wildman–Crippen MR) is 150 cm³/mol. The van der Waals surface area contributed by atoms with Gasteiger partial charge in [0.05, 0.1) is 56.1 Å². The zero-order valence-electron chi connectivity index (χ0n) is 23.4. The quantitative estimate of drug-likeness (QED) is 0.297. The molecule has 0 spiro atoms. The van der Waals surface area contributed by atoms with Crippen LogP contribution in [0.5, 0.6) is 11.6 Å². The minimum atomic E-state index is -0.0703. The van der Waals surface area contributed by atoms with Gasteiger partial charge in [0.2, 0.25) is 0 Å². The third kappa shape index (κ3) is 5.49. The number of carbonyl (C=O) groups excluding carboxylic acids is 1. The number of pyridine rings is 2. The summed E-state index contributed by atoms with van der Waals surface area (Å²) in [6.45, 7) is 12.1. The highest BCUT2D eigenvalue weighted by atomic mass is 16.5. The van der Waals surface area contributed by atoms with E-state index in [2.05, 4.69) is 50.8 Å². The number of anilines is 1. The van der Waals surface area contributed by atoms with Gasteiger partial charge in [0, 0.05) is 18.0 Å². The molecule has 3 aromatic heterocycles. The minimum Gasteiger partial charge on any atom is -0.491 e. The van der Waals surface area contributed by atoms with Crippen molar-refractivity contribution in [2.24, 2.45) is 5.92 Å². The summed E-state index contributed by atoms with van der Waals surface area (Å²) in [6.07, 6.45) is 9.80. The van der Waals surface area contributed by atoms with Crippen LogP contribution >= 0.6 is 0 Å². The van der Waals surface area contributed by atoms with E-state index in [1.165, 1.54) is 16.7 Å². The number of ether oxygens (including phenoxy) is 2. The molecule has 38 heavy (non-hydrogen) atoms. The number of allylic oxidation sites excluding steroid dienone is 4. The third-order valence-electron chi connectivity index (χ3n) is 7.41. The Morgan fingerprint density at radius 1 is 1.16 bits per heavy atom. The fraction of sp³-hybridized carbons (Fsp3) is 0.400. The maximum absolute atomic E-state index is 13.3. The van der Waals surface area contributed by atoms with E-state index in [1.807, 2.05) is 29.1 Å². The van der Waals surface area contributed by atoms with Crippen molar-refractivity contribution >= 4 is 11.6 Å². The first-order valence-corrected chi connectivity index (χ1v) is 13.1. The summed E-state index contributed by atoms with van der Waals surface area (Å²) in [7, 11) is 3.12. The lowest BCUT2D eigenvalue weighted by molar-refractivity contribution is 0.0996. The van der Waals surface area contributed by atoms with Crippen LogP contribution < -0.4 is 14.4 Å². The van der Waals surface area contributed by atoms with E-state index >= 15 is 0 Å². The largest absolute Gasteiger partial charge is 0.491 e. The number of fused-ring (bicyclic) bond motifs is 1. The van der Waals surface area contributed by atoms with Crippen LogP contribution in [0.3, 0.4) is 0 Å². The van der Waals surface area contributed by atoms with E-state index in [4.69, 9.17) is 14.5 Å². The van der Waals surface area contributed by atoms with Crippen molar-refractivity contribution in [3.8, 4) is 22.9 Å². The molecule has 0 saturated heterocycles. The summed E-state index contributed by atoms with van der Waals surface area (Å²) in [5, 5.41) is 4.60. The Labute approximate surface area is 225 Å². The van der Waals surface area contributed by atoms with E-state index in [1.54, 1.807) is 31.5 Å². The fourth-order valence-electron chi connectivity index (χ4n) is 4.48. The number of carbonyl (C=O) groups is 1. The van der Waals surface area contributed by atoms with E-state index < -0.39 is 0 Å². The van der Waals surface area contributed by atoms with Crippen molar-refractivity contribution in [1.29, 1.82) is 0 Å². The second kappa shape index (κ2) is 11.6. The molecule has 0 saturated carbocycles. The number of hydrogen-bond acceptors (Lipinski definition) is 6. The Morgan fingerprint density at radius 2 is 1.95 bits per heavy atom. The standard InChI is InChI=1S/C30H37N5O3/c1-8-19(3)21(5)12-23(20(4)9-2)16-34-17-24(15-32-34)35-18-27-25(30(35)36)10-11-26(33-27)22-13-28(37-6)29(38-7)31-14-22/h10-15,17,20H,8-9,16,18H2,1-7H3/b21-19-,23-12-. The predicted octanol–water partition coefficient (Wildman–Crippen LogP) is 6.24. The van der Waals surface area contributed by atoms with Gasteiger partial charge in [-0.05, 0) is 56.4 Å². The average molecular weight is 516 g/mol. The summed E-state index contributed by atoms with van der Waals surface area (Å²) in [4.78, 5) is 24.1. The molecule has 0 aliphatic carbocycles. The van der Waals surface area contributed by atoms with Crippen LogP contribution in [0, 0.1) is 5.92 Å². The Hall–Kier alpha value is -3.94. The molecule has 0 fully saturated rings. The first kappa shape index (κ1) is 27.1. The van der Waals surface area contributed by atoms with Crippen LogP contribution in [-0.4, -0.2) is 39.9 Å².